The van der Waals surface area contributed by atoms with Crippen LogP contribution in [-0.2, 0) is 0 Å². The topological polar surface area (TPSA) is 55.3 Å². The van der Waals surface area contributed by atoms with Gasteiger partial charge in [0.05, 0.1) is 0 Å². The van der Waals surface area contributed by atoms with Gasteiger partial charge in [-0.2, -0.15) is 0 Å². The maximum Gasteiger partial charge on any atom is 0.0343 e. The predicted molar refractivity (Wildman–Crippen MR) is 109 cm³/mol. The Hall–Kier alpha value is -1.14. The van der Waals surface area contributed by atoms with Crippen LogP contribution < -0.4 is 11.6 Å². The number of rotatable bonds is 11. The summed E-state index contributed by atoms with van der Waals surface area (Å²) in [5.74, 6) is 12.0. The Labute approximate surface area is 152 Å². The van der Waals surface area contributed by atoms with E-state index < -0.39 is 0 Å². The van der Waals surface area contributed by atoms with Gasteiger partial charge in [0.25, 0.3) is 0 Å². The van der Waals surface area contributed by atoms with E-state index in [4.69, 9.17) is 11.6 Å². The molecule has 0 aromatic carbocycles. The highest BCUT2D eigenvalue weighted by atomic mass is 15.4. The summed E-state index contributed by atoms with van der Waals surface area (Å²) in [5, 5.41) is 1.74. The van der Waals surface area contributed by atoms with Crippen molar-refractivity contribution in [3.63, 3.8) is 0 Å². The van der Waals surface area contributed by atoms with Gasteiger partial charge in [-0.1, -0.05) is 66.7 Å². The van der Waals surface area contributed by atoms with Gasteiger partial charge in [0.1, 0.15) is 0 Å². The van der Waals surface area contributed by atoms with Gasteiger partial charge in [-0.3, -0.25) is 0 Å². The second-order valence-electron chi connectivity index (χ2n) is 7.33. The third-order valence-electron chi connectivity index (χ3n) is 3.46. The highest BCUT2D eigenvalue weighted by Crippen LogP contribution is 2.21. The van der Waals surface area contributed by atoms with Crippen LogP contribution >= 0.6 is 0 Å². The lowest BCUT2D eigenvalue weighted by atomic mass is 9.91. The van der Waals surface area contributed by atoms with Crippen molar-refractivity contribution in [3.05, 3.63) is 11.9 Å². The van der Waals surface area contributed by atoms with E-state index >= 15 is 0 Å². The van der Waals surface area contributed by atoms with E-state index in [1.54, 1.807) is 5.01 Å². The molecule has 0 fully saturated rings. The largest absolute Gasteiger partial charge is 0.401 e. The van der Waals surface area contributed by atoms with Crippen LogP contribution in [0.1, 0.15) is 99.3 Å². The molecular weight excluding hydrogens is 294 g/mol. The Bertz CT molecular complexity index is 356. The van der Waals surface area contributed by atoms with Crippen LogP contribution in [0.3, 0.4) is 0 Å². The first-order chi connectivity index (χ1) is 11.3. The summed E-state index contributed by atoms with van der Waals surface area (Å²) in [6.45, 7) is 13.3. The molecule has 0 aliphatic carbocycles. The van der Waals surface area contributed by atoms with Crippen LogP contribution in [0.4, 0.5) is 0 Å². The average molecular weight is 338 g/mol. The average Bonchev–Trinajstić information content (AvgIpc) is 2.49. The lowest BCUT2D eigenvalue weighted by molar-refractivity contribution is 0.360. The molecule has 0 heterocycles. The molecule has 142 valence electrons. The summed E-state index contributed by atoms with van der Waals surface area (Å²) < 4.78 is 0. The molecule has 0 unspecified atom stereocenters. The summed E-state index contributed by atoms with van der Waals surface area (Å²) in [6, 6.07) is 0. The van der Waals surface area contributed by atoms with Crippen molar-refractivity contribution in [2.24, 2.45) is 17.0 Å². The van der Waals surface area contributed by atoms with E-state index in [0.717, 1.165) is 31.5 Å². The lowest BCUT2D eigenvalue weighted by Gasteiger charge is -2.20. The van der Waals surface area contributed by atoms with E-state index in [-0.39, 0.29) is 5.41 Å². The van der Waals surface area contributed by atoms with E-state index in [2.05, 4.69) is 32.6 Å². The van der Waals surface area contributed by atoms with Crippen molar-refractivity contribution < 1.29 is 0 Å². The van der Waals surface area contributed by atoms with Crippen molar-refractivity contribution in [2.75, 3.05) is 6.54 Å². The normalized spacial score (nSPS) is 11.2. The molecule has 0 rings (SSSR count). The standard InChI is InChI=1S/C19H37N3.C2H6/c1-5-6-7-8-9-10-11-12-13-14-15-22(21)17-18(20)16-19(2,3)4;1-2/h17H,7-16,20-21H2,1-4H3;1-2H3/b18-17-;. The van der Waals surface area contributed by atoms with E-state index in [1.807, 2.05) is 27.0 Å². The van der Waals surface area contributed by atoms with E-state index in [0.29, 0.717) is 0 Å². The van der Waals surface area contributed by atoms with Crippen molar-refractivity contribution in [1.82, 2.24) is 5.01 Å². The zero-order chi connectivity index (χ0) is 18.8. The molecule has 0 aliphatic heterocycles. The van der Waals surface area contributed by atoms with Gasteiger partial charge in [0.2, 0.25) is 0 Å². The Morgan fingerprint density at radius 3 is 1.96 bits per heavy atom. The number of hydrogen-bond acceptors (Lipinski definition) is 3. The first-order valence-electron chi connectivity index (χ1n) is 9.72. The molecule has 0 saturated heterocycles. The summed E-state index contributed by atoms with van der Waals surface area (Å²) in [4.78, 5) is 0. The third kappa shape index (κ3) is 20.9. The van der Waals surface area contributed by atoms with Gasteiger partial charge in [-0.05, 0) is 31.6 Å². The van der Waals surface area contributed by atoms with Crippen molar-refractivity contribution in [2.45, 2.75) is 99.3 Å². The van der Waals surface area contributed by atoms with Gasteiger partial charge < -0.3 is 10.7 Å². The highest BCUT2D eigenvalue weighted by molar-refractivity contribution is 4.98. The molecule has 0 spiro atoms. The Morgan fingerprint density at radius 2 is 1.46 bits per heavy atom. The van der Waals surface area contributed by atoms with Crippen LogP contribution in [-0.4, -0.2) is 11.6 Å². The summed E-state index contributed by atoms with van der Waals surface area (Å²) >= 11 is 0. The van der Waals surface area contributed by atoms with E-state index in [9.17, 15) is 0 Å². The molecule has 3 nitrogen and oxygen atoms in total. The summed E-state index contributed by atoms with van der Waals surface area (Å²) in [6.07, 6.45) is 12.7. The van der Waals surface area contributed by atoms with Gasteiger partial charge in [0.15, 0.2) is 0 Å². The third-order valence-corrected chi connectivity index (χ3v) is 3.46. The van der Waals surface area contributed by atoms with Gasteiger partial charge >= 0.3 is 0 Å². The minimum atomic E-state index is 0.212. The molecule has 4 N–H and O–H groups in total. The molecule has 0 saturated carbocycles. The molecule has 0 bridgehead atoms. The Balaban J connectivity index is 0. The number of unbranched alkanes of at least 4 members (excludes halogenated alkanes) is 7. The summed E-state index contributed by atoms with van der Waals surface area (Å²) in [5.41, 5.74) is 7.09. The number of nitrogens with zero attached hydrogens (tertiary/aromatic N) is 1. The molecule has 3 heteroatoms. The van der Waals surface area contributed by atoms with Gasteiger partial charge in [-0.25, -0.2) is 5.84 Å². The monoisotopic (exact) mass is 337 g/mol. The zero-order valence-corrected chi connectivity index (χ0v) is 17.3. The van der Waals surface area contributed by atoms with Crippen LogP contribution in [0.25, 0.3) is 0 Å². The molecule has 0 radical (unpaired) electrons. The van der Waals surface area contributed by atoms with Crippen LogP contribution in [0.5, 0.6) is 0 Å². The first kappa shape index (κ1) is 25.1. The van der Waals surface area contributed by atoms with Gasteiger partial charge in [-0.15, -0.1) is 11.8 Å². The maximum atomic E-state index is 6.01. The quantitative estimate of drug-likeness (QED) is 0.224. The number of nitrogens with two attached hydrogens (primary N) is 2. The number of hydrogen-bond donors (Lipinski definition) is 2. The van der Waals surface area contributed by atoms with Crippen LogP contribution in [0, 0.1) is 17.3 Å². The SMILES string of the molecule is CC.CC#CCCCCCCCCCN(N)/C=C(\N)CC(C)(C)C. The zero-order valence-electron chi connectivity index (χ0n) is 17.3. The Morgan fingerprint density at radius 1 is 0.958 bits per heavy atom. The van der Waals surface area contributed by atoms with Crippen LogP contribution in [0.2, 0.25) is 0 Å². The van der Waals surface area contributed by atoms with Crippen molar-refractivity contribution >= 4 is 0 Å². The fourth-order valence-electron chi connectivity index (χ4n) is 2.45. The van der Waals surface area contributed by atoms with Crippen molar-refractivity contribution in [1.29, 1.82) is 0 Å². The predicted octanol–water partition coefficient (Wildman–Crippen LogP) is 5.57. The minimum absolute atomic E-state index is 0.212. The Kier molecular flexibility index (Phi) is 17.5. The molecule has 0 aromatic rings. The highest BCUT2D eigenvalue weighted by Gasteiger charge is 2.11. The molecule has 0 aromatic heterocycles. The minimum Gasteiger partial charge on any atom is -0.401 e. The molecule has 0 amide bonds. The fraction of sp³-hybridized carbons (Fsp3) is 0.810. The van der Waals surface area contributed by atoms with Crippen molar-refractivity contribution in [3.8, 4) is 11.8 Å². The lowest BCUT2D eigenvalue weighted by Crippen LogP contribution is -2.28. The fourth-order valence-corrected chi connectivity index (χ4v) is 2.45. The van der Waals surface area contributed by atoms with Crippen LogP contribution in [0.15, 0.2) is 11.9 Å². The number of hydrazine groups is 1. The molecular formula is C21H43N3. The molecule has 0 aliphatic rings. The maximum absolute atomic E-state index is 6.01. The van der Waals surface area contributed by atoms with E-state index in [1.165, 1.54) is 38.5 Å². The summed E-state index contributed by atoms with van der Waals surface area (Å²) in [7, 11) is 0. The smallest absolute Gasteiger partial charge is 0.0343 e. The van der Waals surface area contributed by atoms with Gasteiger partial charge in [0, 0.05) is 24.9 Å². The molecule has 0 atom stereocenters. The number of allylic oxidation sites excluding steroid dienone is 1. The first-order valence-corrected chi connectivity index (χ1v) is 9.72. The second kappa shape index (κ2) is 16.7. The molecule has 24 heavy (non-hydrogen) atoms. The second-order valence-corrected chi connectivity index (χ2v) is 7.33.